The van der Waals surface area contributed by atoms with Crippen molar-refractivity contribution in [1.29, 1.82) is 0 Å². The number of hydrogen-bond donors (Lipinski definition) is 1. The minimum absolute atomic E-state index is 0.303. The minimum Gasteiger partial charge on any atom is -0.459 e. The number of nitrogens with two attached hydrogens (primary N) is 1. The lowest BCUT2D eigenvalue weighted by Gasteiger charge is -2.12. The fraction of sp³-hybridized carbons (Fsp3) is 0.125. The van der Waals surface area contributed by atoms with Crippen molar-refractivity contribution in [2.24, 2.45) is 5.73 Å². The van der Waals surface area contributed by atoms with E-state index in [1.807, 2.05) is 25.1 Å². The Labute approximate surface area is 138 Å². The first-order valence-electron chi connectivity index (χ1n) is 6.36. The molecule has 0 bridgehead atoms. The first kappa shape index (κ1) is 14.8. The predicted molar refractivity (Wildman–Crippen MR) is 88.8 cm³/mol. The molecule has 21 heavy (non-hydrogen) atoms. The van der Waals surface area contributed by atoms with Crippen molar-refractivity contribution in [2.45, 2.75) is 13.0 Å². The first-order valence-corrected chi connectivity index (χ1v) is 7.95. The van der Waals surface area contributed by atoms with E-state index in [4.69, 9.17) is 10.2 Å². The van der Waals surface area contributed by atoms with Crippen LogP contribution in [0, 0.1) is 12.7 Å². The summed E-state index contributed by atoms with van der Waals surface area (Å²) in [6.45, 7) is 1.98. The molecule has 2 aromatic carbocycles. The van der Waals surface area contributed by atoms with Crippen molar-refractivity contribution >= 4 is 42.8 Å². The highest BCUT2D eigenvalue weighted by molar-refractivity contribution is 9.10. The van der Waals surface area contributed by atoms with E-state index in [9.17, 15) is 4.39 Å². The number of benzene rings is 2. The normalized spacial score (nSPS) is 12.8. The molecule has 0 saturated carbocycles. The van der Waals surface area contributed by atoms with Gasteiger partial charge in [0.15, 0.2) is 0 Å². The van der Waals surface area contributed by atoms with Gasteiger partial charge in [0.1, 0.15) is 17.2 Å². The number of aryl methyl sites for hydroxylation is 1. The number of furan rings is 1. The number of halogens is 3. The Morgan fingerprint density at radius 1 is 1.14 bits per heavy atom. The summed E-state index contributed by atoms with van der Waals surface area (Å²) in [5, 5.41) is 1.02. The molecular weight excluding hydrogens is 401 g/mol. The van der Waals surface area contributed by atoms with E-state index in [1.54, 1.807) is 6.07 Å². The summed E-state index contributed by atoms with van der Waals surface area (Å²) >= 11 is 6.81. The lowest BCUT2D eigenvalue weighted by molar-refractivity contribution is 0.520. The molecule has 0 aliphatic carbocycles. The molecule has 0 aliphatic heterocycles. The number of rotatable bonds is 2. The highest BCUT2D eigenvalue weighted by Gasteiger charge is 2.20. The van der Waals surface area contributed by atoms with Crippen molar-refractivity contribution in [3.05, 3.63) is 68.0 Å². The lowest BCUT2D eigenvalue weighted by atomic mass is 10.0. The molecule has 2 N–H and O–H groups in total. The van der Waals surface area contributed by atoms with Crippen LogP contribution in [-0.2, 0) is 0 Å². The van der Waals surface area contributed by atoms with E-state index in [1.165, 1.54) is 12.1 Å². The van der Waals surface area contributed by atoms with Crippen molar-refractivity contribution in [1.82, 2.24) is 0 Å². The Bertz CT molecular complexity index is 829. The fourth-order valence-corrected chi connectivity index (χ4v) is 3.36. The van der Waals surface area contributed by atoms with Crippen molar-refractivity contribution < 1.29 is 8.81 Å². The molecule has 0 saturated heterocycles. The molecule has 108 valence electrons. The maximum Gasteiger partial charge on any atom is 0.134 e. The zero-order chi connectivity index (χ0) is 15.1. The quantitative estimate of drug-likeness (QED) is 0.607. The summed E-state index contributed by atoms with van der Waals surface area (Å²) in [5.41, 5.74) is 8.89. The van der Waals surface area contributed by atoms with Crippen LogP contribution >= 0.6 is 31.9 Å². The van der Waals surface area contributed by atoms with Crippen LogP contribution in [0.25, 0.3) is 11.0 Å². The largest absolute Gasteiger partial charge is 0.459 e. The van der Waals surface area contributed by atoms with Gasteiger partial charge in [0, 0.05) is 19.9 Å². The molecule has 0 amide bonds. The van der Waals surface area contributed by atoms with Gasteiger partial charge in [-0.05, 0) is 42.8 Å². The monoisotopic (exact) mass is 411 g/mol. The average molecular weight is 413 g/mol. The van der Waals surface area contributed by atoms with Gasteiger partial charge in [-0.15, -0.1) is 0 Å². The highest BCUT2D eigenvalue weighted by Crippen LogP contribution is 2.35. The van der Waals surface area contributed by atoms with Gasteiger partial charge in [-0.25, -0.2) is 4.39 Å². The van der Waals surface area contributed by atoms with Gasteiger partial charge in [0.25, 0.3) is 0 Å². The van der Waals surface area contributed by atoms with Crippen molar-refractivity contribution in [3.63, 3.8) is 0 Å². The van der Waals surface area contributed by atoms with E-state index in [0.717, 1.165) is 26.6 Å². The standard InChI is InChI=1S/C16H12Br2FNO/c1-8-12-6-9(17)2-5-14(12)21-16(8)15(20)11-4-3-10(19)7-13(11)18/h2-7,15H,20H2,1H3. The second-order valence-electron chi connectivity index (χ2n) is 4.88. The van der Waals surface area contributed by atoms with E-state index in [2.05, 4.69) is 31.9 Å². The molecule has 2 nitrogen and oxygen atoms in total. The van der Waals surface area contributed by atoms with Crippen LogP contribution in [0.15, 0.2) is 49.8 Å². The van der Waals surface area contributed by atoms with Gasteiger partial charge in [0.2, 0.25) is 0 Å². The second-order valence-corrected chi connectivity index (χ2v) is 6.65. The molecule has 0 spiro atoms. The van der Waals surface area contributed by atoms with Crippen LogP contribution in [0.1, 0.15) is 22.9 Å². The van der Waals surface area contributed by atoms with E-state index >= 15 is 0 Å². The molecule has 0 radical (unpaired) electrons. The van der Waals surface area contributed by atoms with Gasteiger partial charge in [-0.3, -0.25) is 0 Å². The molecule has 1 atom stereocenters. The van der Waals surface area contributed by atoms with Crippen molar-refractivity contribution in [3.8, 4) is 0 Å². The van der Waals surface area contributed by atoms with Gasteiger partial charge in [0.05, 0.1) is 6.04 Å². The summed E-state index contributed by atoms with van der Waals surface area (Å²) in [6.07, 6.45) is 0. The third-order valence-electron chi connectivity index (χ3n) is 3.52. The lowest BCUT2D eigenvalue weighted by Crippen LogP contribution is -2.12. The van der Waals surface area contributed by atoms with Gasteiger partial charge >= 0.3 is 0 Å². The van der Waals surface area contributed by atoms with E-state index < -0.39 is 6.04 Å². The van der Waals surface area contributed by atoms with E-state index in [0.29, 0.717) is 10.2 Å². The van der Waals surface area contributed by atoms with E-state index in [-0.39, 0.29) is 5.82 Å². The van der Waals surface area contributed by atoms with Crippen LogP contribution in [0.5, 0.6) is 0 Å². The molecule has 3 aromatic rings. The fourth-order valence-electron chi connectivity index (χ4n) is 2.40. The molecule has 5 heteroatoms. The summed E-state index contributed by atoms with van der Waals surface area (Å²) in [5.74, 6) is 0.387. The molecule has 3 rings (SSSR count). The van der Waals surface area contributed by atoms with Gasteiger partial charge < -0.3 is 10.2 Å². The van der Waals surface area contributed by atoms with Crippen LogP contribution in [-0.4, -0.2) is 0 Å². The van der Waals surface area contributed by atoms with Crippen molar-refractivity contribution in [2.75, 3.05) is 0 Å². The molecule has 0 fully saturated rings. The second kappa shape index (κ2) is 5.55. The molecule has 1 unspecified atom stereocenters. The Balaban J connectivity index is 2.13. The van der Waals surface area contributed by atoms with Gasteiger partial charge in [-0.1, -0.05) is 37.9 Å². The Morgan fingerprint density at radius 3 is 2.62 bits per heavy atom. The molecule has 0 aliphatic rings. The zero-order valence-corrected chi connectivity index (χ0v) is 14.3. The SMILES string of the molecule is Cc1c(C(N)c2ccc(F)cc2Br)oc2ccc(Br)cc12. The minimum atomic E-state index is -0.453. The number of hydrogen-bond acceptors (Lipinski definition) is 2. The Hall–Kier alpha value is -1.17. The topological polar surface area (TPSA) is 39.2 Å². The summed E-state index contributed by atoms with van der Waals surface area (Å²) in [7, 11) is 0. The van der Waals surface area contributed by atoms with Crippen LogP contribution in [0.2, 0.25) is 0 Å². The molecule has 1 heterocycles. The van der Waals surface area contributed by atoms with Crippen LogP contribution in [0.4, 0.5) is 4.39 Å². The zero-order valence-electron chi connectivity index (χ0n) is 11.2. The van der Waals surface area contributed by atoms with Crippen LogP contribution in [0.3, 0.4) is 0 Å². The Kier molecular flexibility index (Phi) is 3.90. The number of fused-ring (bicyclic) bond motifs is 1. The third kappa shape index (κ3) is 2.65. The predicted octanol–water partition coefficient (Wildman–Crippen LogP) is 5.45. The third-order valence-corrected chi connectivity index (χ3v) is 4.70. The van der Waals surface area contributed by atoms with Crippen LogP contribution < -0.4 is 5.73 Å². The maximum atomic E-state index is 13.2. The van der Waals surface area contributed by atoms with Gasteiger partial charge in [-0.2, -0.15) is 0 Å². The summed E-state index contributed by atoms with van der Waals surface area (Å²) in [6, 6.07) is 9.86. The molecule has 1 aromatic heterocycles. The summed E-state index contributed by atoms with van der Waals surface area (Å²) < 4.78 is 20.7. The smallest absolute Gasteiger partial charge is 0.134 e. The first-order chi connectivity index (χ1) is 9.97. The molecular formula is C16H12Br2FNO. The average Bonchev–Trinajstić information content (AvgIpc) is 2.75. The highest BCUT2D eigenvalue weighted by atomic mass is 79.9. The Morgan fingerprint density at radius 2 is 1.90 bits per heavy atom. The maximum absolute atomic E-state index is 13.2. The summed E-state index contributed by atoms with van der Waals surface area (Å²) in [4.78, 5) is 0.